The van der Waals surface area contributed by atoms with Gasteiger partial charge in [-0.05, 0) is 55.4 Å². The summed E-state index contributed by atoms with van der Waals surface area (Å²) in [6, 6.07) is 12.1. The molecule has 5 aliphatic rings. The lowest BCUT2D eigenvalue weighted by molar-refractivity contribution is -0.199. The predicted molar refractivity (Wildman–Crippen MR) is 138 cm³/mol. The van der Waals surface area contributed by atoms with Crippen LogP contribution in [0.15, 0.2) is 30.3 Å². The van der Waals surface area contributed by atoms with Gasteiger partial charge in [0.1, 0.15) is 6.42 Å². The first kappa shape index (κ1) is 26.2. The Kier molecular flexibility index (Phi) is 7.36. The molecule has 2 heterocycles. The van der Waals surface area contributed by atoms with Crippen LogP contribution in [0, 0.1) is 28.6 Å². The molecule has 2 amide bonds. The molecule has 1 N–H and O–H groups in total. The van der Waals surface area contributed by atoms with Gasteiger partial charge < -0.3 is 24.3 Å². The first-order valence-corrected chi connectivity index (χ1v) is 13.6. The SMILES string of the molecule is CC1(C)[C@@H]2C[C@H]3OB([C@H](CCc4ccccc4)NC(=O)C[C@@H]4CN(C(=O)CC#N)CCO4)O[C@@]3(C)[C@H]1C2. The number of nitrogens with one attached hydrogen (secondary N) is 1. The number of carbonyl (C=O) groups is 2. The second kappa shape index (κ2) is 10.4. The van der Waals surface area contributed by atoms with Crippen molar-refractivity contribution in [3.63, 3.8) is 0 Å². The van der Waals surface area contributed by atoms with Crippen molar-refractivity contribution in [3.8, 4) is 6.07 Å². The molecular formula is C28H38BN3O5. The van der Waals surface area contributed by atoms with E-state index in [2.05, 4.69) is 38.2 Å². The molecule has 1 aromatic rings. The Hall–Kier alpha value is -2.41. The molecule has 37 heavy (non-hydrogen) atoms. The lowest BCUT2D eigenvalue weighted by atomic mass is 9.43. The Morgan fingerprint density at radius 3 is 2.76 bits per heavy atom. The first-order valence-electron chi connectivity index (χ1n) is 13.6. The average molecular weight is 507 g/mol. The largest absolute Gasteiger partial charge is 0.481 e. The number of nitriles is 1. The summed E-state index contributed by atoms with van der Waals surface area (Å²) in [5.41, 5.74) is 1.11. The van der Waals surface area contributed by atoms with Crippen molar-refractivity contribution in [1.82, 2.24) is 10.2 Å². The number of amides is 2. The van der Waals surface area contributed by atoms with Crippen LogP contribution >= 0.6 is 0 Å². The molecule has 8 nitrogen and oxygen atoms in total. The van der Waals surface area contributed by atoms with Crippen LogP contribution in [-0.2, 0) is 30.1 Å². The van der Waals surface area contributed by atoms with Gasteiger partial charge in [-0.25, -0.2) is 0 Å². The van der Waals surface area contributed by atoms with Gasteiger partial charge in [-0.2, -0.15) is 5.26 Å². The molecule has 0 spiro atoms. The third-order valence-electron chi connectivity index (χ3n) is 9.37. The summed E-state index contributed by atoms with van der Waals surface area (Å²) in [6.45, 7) is 8.00. The average Bonchev–Trinajstić information content (AvgIpc) is 3.24. The van der Waals surface area contributed by atoms with E-state index in [1.807, 2.05) is 24.3 Å². The second-order valence-electron chi connectivity index (χ2n) is 11.9. The number of rotatable bonds is 8. The van der Waals surface area contributed by atoms with E-state index in [-0.39, 0.29) is 47.7 Å². The zero-order valence-electron chi connectivity index (χ0n) is 22.2. The topological polar surface area (TPSA) is 101 Å². The van der Waals surface area contributed by atoms with E-state index in [0.717, 1.165) is 12.8 Å². The molecule has 6 rings (SSSR count). The molecule has 2 bridgehead atoms. The Morgan fingerprint density at radius 1 is 1.24 bits per heavy atom. The Morgan fingerprint density at radius 2 is 2.03 bits per heavy atom. The van der Waals surface area contributed by atoms with Gasteiger partial charge >= 0.3 is 7.12 Å². The number of hydrogen-bond donors (Lipinski definition) is 1. The van der Waals surface area contributed by atoms with Gasteiger partial charge in [-0.1, -0.05) is 44.2 Å². The number of carbonyl (C=O) groups excluding carboxylic acids is 2. The standard InChI is InChI=1S/C28H38BN3O5/c1-27(2)20-15-22(27)28(3)23(16-20)36-29(37-28)24(10-9-19-7-5-4-6-8-19)31-25(33)17-21-18-32(13-14-35-21)26(34)11-12-30/h4-8,20-24H,9-11,13-18H2,1-3H3,(H,31,33)/t20-,21+,22-,23+,24-,28-/m0/s1. The van der Waals surface area contributed by atoms with E-state index in [4.69, 9.17) is 19.3 Å². The van der Waals surface area contributed by atoms with Crippen molar-refractivity contribution >= 4 is 18.9 Å². The molecule has 5 fully saturated rings. The van der Waals surface area contributed by atoms with E-state index in [0.29, 0.717) is 38.0 Å². The Labute approximate surface area is 220 Å². The molecule has 9 heteroatoms. The molecule has 0 aromatic heterocycles. The fraction of sp³-hybridized carbons (Fsp3) is 0.679. The maximum Gasteiger partial charge on any atom is 0.481 e. The highest BCUT2D eigenvalue weighted by molar-refractivity contribution is 6.47. The minimum absolute atomic E-state index is 0.0479. The van der Waals surface area contributed by atoms with Gasteiger partial charge in [0.15, 0.2) is 0 Å². The van der Waals surface area contributed by atoms with E-state index in [1.165, 1.54) is 12.0 Å². The highest BCUT2D eigenvalue weighted by Crippen LogP contribution is 2.65. The second-order valence-corrected chi connectivity index (χ2v) is 11.9. The number of nitrogens with zero attached hydrogens (tertiary/aromatic N) is 2. The fourth-order valence-electron chi connectivity index (χ4n) is 7.04. The minimum Gasteiger partial charge on any atom is -0.404 e. The van der Waals surface area contributed by atoms with Crippen LogP contribution in [0.25, 0.3) is 0 Å². The van der Waals surface area contributed by atoms with E-state index in [1.54, 1.807) is 4.90 Å². The van der Waals surface area contributed by atoms with Crippen molar-refractivity contribution in [2.45, 2.75) is 83.0 Å². The lowest BCUT2D eigenvalue weighted by Crippen LogP contribution is -2.65. The van der Waals surface area contributed by atoms with Crippen molar-refractivity contribution in [2.24, 2.45) is 17.3 Å². The van der Waals surface area contributed by atoms with Crippen molar-refractivity contribution < 1.29 is 23.6 Å². The van der Waals surface area contributed by atoms with Gasteiger partial charge in [0.2, 0.25) is 11.8 Å². The van der Waals surface area contributed by atoms with Gasteiger partial charge in [0, 0.05) is 13.1 Å². The van der Waals surface area contributed by atoms with Gasteiger partial charge in [-0.15, -0.1) is 0 Å². The van der Waals surface area contributed by atoms with Crippen molar-refractivity contribution in [1.29, 1.82) is 5.26 Å². The predicted octanol–water partition coefficient (Wildman–Crippen LogP) is 2.90. The van der Waals surface area contributed by atoms with E-state index in [9.17, 15) is 9.59 Å². The number of hydrogen-bond acceptors (Lipinski definition) is 6. The lowest BCUT2D eigenvalue weighted by Gasteiger charge is -2.64. The van der Waals surface area contributed by atoms with Crippen LogP contribution in [0.2, 0.25) is 0 Å². The smallest absolute Gasteiger partial charge is 0.404 e. The van der Waals surface area contributed by atoms with Crippen molar-refractivity contribution in [3.05, 3.63) is 35.9 Å². The van der Waals surface area contributed by atoms with Gasteiger partial charge in [0.05, 0.1) is 42.8 Å². The summed E-state index contributed by atoms with van der Waals surface area (Å²) in [7, 11) is -0.501. The van der Waals surface area contributed by atoms with Crippen LogP contribution in [-0.4, -0.2) is 67.3 Å². The fourth-order valence-corrected chi connectivity index (χ4v) is 7.04. The first-order chi connectivity index (χ1) is 17.7. The Bertz CT molecular complexity index is 1050. The summed E-state index contributed by atoms with van der Waals surface area (Å²) in [5, 5.41) is 12.0. The third kappa shape index (κ3) is 5.16. The van der Waals surface area contributed by atoms with Gasteiger partial charge in [0.25, 0.3) is 0 Å². The van der Waals surface area contributed by atoms with E-state index < -0.39 is 13.2 Å². The molecule has 6 atom stereocenters. The molecule has 0 unspecified atom stereocenters. The normalized spacial score (nSPS) is 32.6. The molecular weight excluding hydrogens is 469 g/mol. The van der Waals surface area contributed by atoms with Crippen LogP contribution in [0.4, 0.5) is 0 Å². The maximum absolute atomic E-state index is 13.2. The number of morpholine rings is 1. The minimum atomic E-state index is -0.501. The van der Waals surface area contributed by atoms with Gasteiger partial charge in [-0.3, -0.25) is 9.59 Å². The maximum atomic E-state index is 13.2. The van der Waals surface area contributed by atoms with Crippen molar-refractivity contribution in [2.75, 3.05) is 19.7 Å². The molecule has 3 saturated carbocycles. The third-order valence-corrected chi connectivity index (χ3v) is 9.37. The summed E-state index contributed by atoms with van der Waals surface area (Å²) >= 11 is 0. The molecule has 1 aromatic carbocycles. The number of benzene rings is 1. The summed E-state index contributed by atoms with van der Waals surface area (Å²) in [5.74, 6) is 0.448. The number of ether oxygens (including phenoxy) is 1. The molecule has 2 saturated heterocycles. The van der Waals surface area contributed by atoms with Crippen LogP contribution in [0.1, 0.15) is 58.4 Å². The van der Waals surface area contributed by atoms with E-state index >= 15 is 0 Å². The van der Waals surface area contributed by atoms with Crippen LogP contribution < -0.4 is 5.32 Å². The van der Waals surface area contributed by atoms with Crippen LogP contribution in [0.3, 0.4) is 0 Å². The highest BCUT2D eigenvalue weighted by Gasteiger charge is 2.68. The molecule has 0 radical (unpaired) electrons. The zero-order valence-corrected chi connectivity index (χ0v) is 22.2. The molecule has 198 valence electrons. The zero-order chi connectivity index (χ0) is 26.2. The number of aryl methyl sites for hydroxylation is 1. The quantitative estimate of drug-likeness (QED) is 0.544. The molecule has 3 aliphatic carbocycles. The highest BCUT2D eigenvalue weighted by atomic mass is 16.7. The molecule has 2 aliphatic heterocycles. The summed E-state index contributed by atoms with van der Waals surface area (Å²) in [4.78, 5) is 27.0. The Balaban J connectivity index is 1.25. The summed E-state index contributed by atoms with van der Waals surface area (Å²) < 4.78 is 19.0. The summed E-state index contributed by atoms with van der Waals surface area (Å²) in [6.07, 6.45) is 3.30. The monoisotopic (exact) mass is 507 g/mol. The van der Waals surface area contributed by atoms with Crippen LogP contribution in [0.5, 0.6) is 0 Å².